The number of phenols is 1. The molecule has 1 saturated heterocycles. The van der Waals surface area contributed by atoms with Gasteiger partial charge in [-0.2, -0.15) is 0 Å². The molecule has 3 rings (SSSR count). The molecule has 16 heavy (non-hydrogen) atoms. The van der Waals surface area contributed by atoms with E-state index in [1.165, 1.54) is 18.9 Å². The van der Waals surface area contributed by atoms with Crippen LogP contribution in [0.4, 0.5) is 4.39 Å². The van der Waals surface area contributed by atoms with Crippen molar-refractivity contribution in [2.45, 2.75) is 31.7 Å². The molecule has 1 heterocycles. The fourth-order valence-corrected chi connectivity index (χ4v) is 3.02. The Balaban J connectivity index is 1.85. The molecule has 0 spiro atoms. The lowest BCUT2D eigenvalue weighted by Gasteiger charge is -2.22. The van der Waals surface area contributed by atoms with Gasteiger partial charge in [-0.3, -0.25) is 4.90 Å². The van der Waals surface area contributed by atoms with Gasteiger partial charge in [-0.1, -0.05) is 0 Å². The summed E-state index contributed by atoms with van der Waals surface area (Å²) in [5.74, 6) is -0.185. The number of nitrogens with zero attached hydrogens (tertiary/aromatic N) is 1. The Morgan fingerprint density at radius 1 is 1.19 bits per heavy atom. The van der Waals surface area contributed by atoms with Gasteiger partial charge in [0.05, 0.1) is 0 Å². The van der Waals surface area contributed by atoms with E-state index in [2.05, 4.69) is 4.90 Å². The van der Waals surface area contributed by atoms with Gasteiger partial charge in [0, 0.05) is 12.1 Å². The highest BCUT2D eigenvalue weighted by Crippen LogP contribution is 2.34. The third-order valence-electron chi connectivity index (χ3n) is 3.84. The summed E-state index contributed by atoms with van der Waals surface area (Å²) >= 11 is 0. The van der Waals surface area contributed by atoms with Crippen LogP contribution in [0.1, 0.15) is 24.0 Å². The molecule has 1 unspecified atom stereocenters. The Labute approximate surface area is 94.7 Å². The lowest BCUT2D eigenvalue weighted by atomic mass is 10.1. The monoisotopic (exact) mass is 221 g/mol. The van der Waals surface area contributed by atoms with E-state index < -0.39 is 0 Å². The Morgan fingerprint density at radius 3 is 2.69 bits per heavy atom. The summed E-state index contributed by atoms with van der Waals surface area (Å²) in [5.41, 5.74) is 1.95. The van der Waals surface area contributed by atoms with Crippen molar-refractivity contribution in [3.05, 3.63) is 29.1 Å². The van der Waals surface area contributed by atoms with Crippen LogP contribution in [0.25, 0.3) is 0 Å². The minimum absolute atomic E-state index is 0.136. The molecule has 1 aromatic carbocycles. The first kappa shape index (κ1) is 10.1. The SMILES string of the molecule is Oc1cc(F)cc2c1CC(N1CCCC1)C2. The van der Waals surface area contributed by atoms with Gasteiger partial charge in [0.25, 0.3) is 0 Å². The summed E-state index contributed by atoms with van der Waals surface area (Å²) in [7, 11) is 0. The number of fused-ring (bicyclic) bond motifs is 1. The van der Waals surface area contributed by atoms with Gasteiger partial charge in [0.1, 0.15) is 11.6 Å². The molecule has 0 saturated carbocycles. The smallest absolute Gasteiger partial charge is 0.127 e. The van der Waals surface area contributed by atoms with Gasteiger partial charge in [-0.15, -0.1) is 0 Å². The highest BCUT2D eigenvalue weighted by atomic mass is 19.1. The summed E-state index contributed by atoms with van der Waals surface area (Å²) in [6.45, 7) is 2.31. The molecule has 0 aromatic heterocycles. The second kappa shape index (κ2) is 3.74. The molecule has 1 aromatic rings. The van der Waals surface area contributed by atoms with Crippen molar-refractivity contribution >= 4 is 0 Å². The van der Waals surface area contributed by atoms with Crippen LogP contribution in [0.5, 0.6) is 5.75 Å². The van der Waals surface area contributed by atoms with Crippen LogP contribution in [0.2, 0.25) is 0 Å². The molecular formula is C13H16FNO. The molecule has 1 aliphatic carbocycles. The van der Waals surface area contributed by atoms with E-state index in [9.17, 15) is 9.50 Å². The van der Waals surface area contributed by atoms with Crippen LogP contribution < -0.4 is 0 Å². The number of phenolic OH excluding ortho intramolecular Hbond substituents is 1. The van der Waals surface area contributed by atoms with Crippen LogP contribution in [-0.2, 0) is 12.8 Å². The highest BCUT2D eigenvalue weighted by Gasteiger charge is 2.30. The molecule has 1 N–H and O–H groups in total. The highest BCUT2D eigenvalue weighted by molar-refractivity contribution is 5.44. The van der Waals surface area contributed by atoms with E-state index >= 15 is 0 Å². The van der Waals surface area contributed by atoms with Crippen molar-refractivity contribution in [3.63, 3.8) is 0 Å². The second-order valence-electron chi connectivity index (χ2n) is 4.87. The van der Waals surface area contributed by atoms with Crippen molar-refractivity contribution in [1.29, 1.82) is 0 Å². The minimum Gasteiger partial charge on any atom is -0.508 e. The molecule has 2 nitrogen and oxygen atoms in total. The van der Waals surface area contributed by atoms with Crippen molar-refractivity contribution in [2.24, 2.45) is 0 Å². The first-order valence-corrected chi connectivity index (χ1v) is 5.98. The number of hydrogen-bond donors (Lipinski definition) is 1. The summed E-state index contributed by atoms with van der Waals surface area (Å²) in [6, 6.07) is 3.28. The van der Waals surface area contributed by atoms with Crippen LogP contribution in [0.3, 0.4) is 0 Å². The zero-order chi connectivity index (χ0) is 11.1. The molecule has 1 atom stereocenters. The Morgan fingerprint density at radius 2 is 1.94 bits per heavy atom. The molecule has 2 aliphatic rings. The molecule has 3 heteroatoms. The molecule has 0 bridgehead atoms. The normalized spacial score (nSPS) is 24.9. The zero-order valence-electron chi connectivity index (χ0n) is 9.25. The molecule has 0 amide bonds. The number of rotatable bonds is 1. The van der Waals surface area contributed by atoms with Crippen LogP contribution in [-0.4, -0.2) is 29.1 Å². The van der Waals surface area contributed by atoms with Gasteiger partial charge >= 0.3 is 0 Å². The van der Waals surface area contributed by atoms with Gasteiger partial charge in [-0.05, 0) is 56.0 Å². The number of hydrogen-bond acceptors (Lipinski definition) is 2. The Hall–Kier alpha value is -1.09. The van der Waals surface area contributed by atoms with E-state index in [4.69, 9.17) is 0 Å². The Kier molecular flexibility index (Phi) is 2.36. The quantitative estimate of drug-likeness (QED) is 0.785. The number of benzene rings is 1. The summed E-state index contributed by atoms with van der Waals surface area (Å²) in [6.07, 6.45) is 4.31. The fourth-order valence-electron chi connectivity index (χ4n) is 3.02. The van der Waals surface area contributed by atoms with Gasteiger partial charge in [0.2, 0.25) is 0 Å². The summed E-state index contributed by atoms with van der Waals surface area (Å²) in [5, 5.41) is 9.71. The maximum atomic E-state index is 13.2. The minimum atomic E-state index is -0.321. The van der Waals surface area contributed by atoms with Gasteiger partial charge < -0.3 is 5.11 Å². The second-order valence-corrected chi connectivity index (χ2v) is 4.87. The topological polar surface area (TPSA) is 23.5 Å². The van der Waals surface area contributed by atoms with Crippen molar-refractivity contribution in [2.75, 3.05) is 13.1 Å². The van der Waals surface area contributed by atoms with Gasteiger partial charge in [0.15, 0.2) is 0 Å². The molecule has 0 radical (unpaired) electrons. The number of aromatic hydroxyl groups is 1. The predicted octanol–water partition coefficient (Wildman–Crippen LogP) is 2.09. The third-order valence-corrected chi connectivity index (χ3v) is 3.84. The van der Waals surface area contributed by atoms with Crippen LogP contribution in [0, 0.1) is 5.82 Å². The lowest BCUT2D eigenvalue weighted by molar-refractivity contribution is 0.249. The zero-order valence-corrected chi connectivity index (χ0v) is 9.25. The molecule has 86 valence electrons. The van der Waals surface area contributed by atoms with Crippen LogP contribution >= 0.6 is 0 Å². The number of likely N-dealkylation sites (tertiary alicyclic amines) is 1. The summed E-state index contributed by atoms with van der Waals surface area (Å²) in [4.78, 5) is 2.47. The van der Waals surface area contributed by atoms with E-state index in [0.717, 1.165) is 37.1 Å². The number of halogens is 1. The van der Waals surface area contributed by atoms with E-state index in [0.29, 0.717) is 6.04 Å². The van der Waals surface area contributed by atoms with Crippen molar-refractivity contribution < 1.29 is 9.50 Å². The molecule has 1 aliphatic heterocycles. The van der Waals surface area contributed by atoms with Gasteiger partial charge in [-0.25, -0.2) is 4.39 Å². The maximum Gasteiger partial charge on any atom is 0.127 e. The largest absolute Gasteiger partial charge is 0.508 e. The average Bonchev–Trinajstić information content (AvgIpc) is 2.82. The van der Waals surface area contributed by atoms with E-state index in [1.54, 1.807) is 6.07 Å². The molecular weight excluding hydrogens is 205 g/mol. The third kappa shape index (κ3) is 1.59. The maximum absolute atomic E-state index is 13.2. The average molecular weight is 221 g/mol. The lowest BCUT2D eigenvalue weighted by Crippen LogP contribution is -2.33. The Bertz CT molecular complexity index is 413. The van der Waals surface area contributed by atoms with E-state index in [-0.39, 0.29) is 11.6 Å². The first-order chi connectivity index (χ1) is 7.74. The first-order valence-electron chi connectivity index (χ1n) is 5.98. The fraction of sp³-hybridized carbons (Fsp3) is 0.538. The predicted molar refractivity (Wildman–Crippen MR) is 60.1 cm³/mol. The van der Waals surface area contributed by atoms with Crippen molar-refractivity contribution in [3.8, 4) is 5.75 Å². The summed E-state index contributed by atoms with van der Waals surface area (Å²) < 4.78 is 13.2. The van der Waals surface area contributed by atoms with Crippen molar-refractivity contribution in [1.82, 2.24) is 4.90 Å². The standard InChI is InChI=1S/C13H16FNO/c14-10-5-9-6-11(15-3-1-2-4-15)8-12(9)13(16)7-10/h5,7,11,16H,1-4,6,8H2. The molecule has 1 fully saturated rings. The van der Waals surface area contributed by atoms with E-state index in [1.807, 2.05) is 0 Å². The van der Waals surface area contributed by atoms with Crippen LogP contribution in [0.15, 0.2) is 12.1 Å².